The molecule has 1 aromatic carbocycles. The highest BCUT2D eigenvalue weighted by Gasteiger charge is 2.28. The van der Waals surface area contributed by atoms with Crippen molar-refractivity contribution in [2.45, 2.75) is 20.0 Å². The Morgan fingerprint density at radius 3 is 2.44 bits per heavy atom. The summed E-state index contributed by atoms with van der Waals surface area (Å²) in [4.78, 5) is 23.4. The van der Waals surface area contributed by atoms with E-state index in [2.05, 4.69) is 9.97 Å². The third-order valence-corrected chi connectivity index (χ3v) is 5.52. The number of nitrogens with zero attached hydrogens (tertiary/aromatic N) is 5. The Morgan fingerprint density at radius 2 is 1.85 bits per heavy atom. The molecule has 0 saturated heterocycles. The number of benzene rings is 1. The lowest BCUT2D eigenvalue weighted by atomic mass is 9.96. The normalized spacial score (nSPS) is 10.7. The van der Waals surface area contributed by atoms with Crippen LogP contribution in [0.1, 0.15) is 28.5 Å². The van der Waals surface area contributed by atoms with Crippen molar-refractivity contribution in [3.05, 3.63) is 66.1 Å². The van der Waals surface area contributed by atoms with Gasteiger partial charge in [-0.2, -0.15) is 0 Å². The first-order valence-corrected chi connectivity index (χ1v) is 10.5. The first-order chi connectivity index (χ1) is 15.4. The van der Waals surface area contributed by atoms with Gasteiger partial charge in [0, 0.05) is 60.6 Å². The number of rotatable bonds is 7. The van der Waals surface area contributed by atoms with Gasteiger partial charge in [0.2, 0.25) is 0 Å². The molecule has 0 aliphatic rings. The van der Waals surface area contributed by atoms with Crippen molar-refractivity contribution in [2.75, 3.05) is 20.7 Å². The molecule has 34 heavy (non-hydrogen) atoms. The summed E-state index contributed by atoms with van der Waals surface area (Å²) in [6.07, 6.45) is 8.61. The molecular weight excluding hydrogens is 477 g/mol. The Balaban J connectivity index is 0.00000204. The number of ether oxygens (including phenoxy) is 1. The molecule has 1 N–H and O–H groups in total. The van der Waals surface area contributed by atoms with Gasteiger partial charge in [-0.05, 0) is 44.8 Å². The van der Waals surface area contributed by atoms with E-state index in [1.54, 1.807) is 31.8 Å². The van der Waals surface area contributed by atoms with Gasteiger partial charge < -0.3 is 23.9 Å². The van der Waals surface area contributed by atoms with Crippen LogP contribution in [0.2, 0.25) is 0 Å². The number of aryl methyl sites for hydroxylation is 1. The van der Waals surface area contributed by atoms with Crippen molar-refractivity contribution >= 4 is 41.7 Å². The maximum Gasteiger partial charge on any atom is 0.340 e. The number of hydrogen-bond donors (Lipinski definition) is 1. The van der Waals surface area contributed by atoms with Gasteiger partial charge in [-0.1, -0.05) is 0 Å². The van der Waals surface area contributed by atoms with Crippen LogP contribution in [0.25, 0.3) is 22.0 Å². The molecule has 8 nitrogen and oxygen atoms in total. The lowest BCUT2D eigenvalue weighted by Gasteiger charge is -2.14. The fraction of sp³-hybridized carbons (Fsp3) is 0.292. The summed E-state index contributed by atoms with van der Waals surface area (Å²) in [5, 5.41) is 12.1. The SMILES string of the molecule is CCOC(=O)c1c(CN(C)C)n(C)c2cc(-c3ccncc3)c(O)c(Cn3ccnc3)c12.Cl.Cl. The molecular formula is C24H29Cl2N5O3. The molecule has 0 saturated carbocycles. The number of esters is 1. The average molecular weight is 506 g/mol. The van der Waals surface area contributed by atoms with E-state index in [4.69, 9.17) is 4.74 Å². The monoisotopic (exact) mass is 505 g/mol. The topological polar surface area (TPSA) is 85.4 Å². The zero-order valence-electron chi connectivity index (χ0n) is 19.6. The molecule has 3 heterocycles. The second kappa shape index (κ2) is 11.4. The predicted molar refractivity (Wildman–Crippen MR) is 137 cm³/mol. The van der Waals surface area contributed by atoms with E-state index in [-0.39, 0.29) is 37.2 Å². The van der Waals surface area contributed by atoms with Crippen LogP contribution in [-0.4, -0.2) is 55.8 Å². The predicted octanol–water partition coefficient (Wildman–Crippen LogP) is 4.27. The van der Waals surface area contributed by atoms with E-state index in [0.717, 1.165) is 16.8 Å². The summed E-state index contributed by atoms with van der Waals surface area (Å²) < 4.78 is 9.33. The van der Waals surface area contributed by atoms with Crippen LogP contribution in [0, 0.1) is 0 Å². The summed E-state index contributed by atoms with van der Waals surface area (Å²) in [6, 6.07) is 5.65. The summed E-state index contributed by atoms with van der Waals surface area (Å²) in [6.45, 7) is 2.98. The third kappa shape index (κ3) is 5.04. The minimum absolute atomic E-state index is 0. The maximum absolute atomic E-state index is 13.1. The highest BCUT2D eigenvalue weighted by Crippen LogP contribution is 2.41. The Hall–Kier alpha value is -3.07. The van der Waals surface area contributed by atoms with Crippen LogP contribution >= 0.6 is 24.8 Å². The van der Waals surface area contributed by atoms with Gasteiger partial charge in [-0.15, -0.1) is 24.8 Å². The van der Waals surface area contributed by atoms with Crippen molar-refractivity contribution < 1.29 is 14.6 Å². The van der Waals surface area contributed by atoms with Gasteiger partial charge in [0.15, 0.2) is 0 Å². The largest absolute Gasteiger partial charge is 0.507 e. The van der Waals surface area contributed by atoms with Crippen LogP contribution in [0.15, 0.2) is 49.3 Å². The van der Waals surface area contributed by atoms with Crippen LogP contribution in [0.4, 0.5) is 0 Å². The molecule has 0 fully saturated rings. The molecule has 4 aromatic rings. The lowest BCUT2D eigenvalue weighted by Crippen LogP contribution is -2.17. The molecule has 0 atom stereocenters. The van der Waals surface area contributed by atoms with E-state index in [1.807, 2.05) is 59.6 Å². The van der Waals surface area contributed by atoms with Crippen LogP contribution in [0.5, 0.6) is 5.75 Å². The summed E-state index contributed by atoms with van der Waals surface area (Å²) >= 11 is 0. The highest BCUT2D eigenvalue weighted by atomic mass is 35.5. The fourth-order valence-electron chi connectivity index (χ4n) is 4.09. The van der Waals surface area contributed by atoms with E-state index in [1.165, 1.54) is 0 Å². The quantitative estimate of drug-likeness (QED) is 0.377. The van der Waals surface area contributed by atoms with Gasteiger partial charge in [-0.3, -0.25) is 4.98 Å². The van der Waals surface area contributed by atoms with Crippen molar-refractivity contribution in [3.63, 3.8) is 0 Å². The zero-order chi connectivity index (χ0) is 22.8. The van der Waals surface area contributed by atoms with Gasteiger partial charge in [0.1, 0.15) is 5.75 Å². The standard InChI is InChI=1S/C24H27N5O3.2ClH/c1-5-32-24(31)22-20(14-27(2)3)28(4)19-12-17(16-6-8-25-9-7-16)23(30)18(21(19)22)13-29-11-10-26-15-29;;/h6-12,15,30H,5,13-14H2,1-4H3;2*1H. The second-order valence-corrected chi connectivity index (χ2v) is 7.96. The number of carbonyl (C=O) groups is 1. The van der Waals surface area contributed by atoms with Crippen molar-refractivity contribution in [1.29, 1.82) is 0 Å². The van der Waals surface area contributed by atoms with Crippen LogP contribution in [-0.2, 0) is 24.9 Å². The van der Waals surface area contributed by atoms with Gasteiger partial charge in [-0.25, -0.2) is 9.78 Å². The molecule has 0 spiro atoms. The molecule has 0 bridgehead atoms. The number of hydrogen-bond acceptors (Lipinski definition) is 6. The Kier molecular flexibility index (Phi) is 9.09. The van der Waals surface area contributed by atoms with Crippen molar-refractivity contribution in [3.8, 4) is 16.9 Å². The van der Waals surface area contributed by atoms with E-state index in [0.29, 0.717) is 35.2 Å². The van der Waals surface area contributed by atoms with E-state index in [9.17, 15) is 9.90 Å². The molecule has 0 radical (unpaired) electrons. The number of phenols is 1. The first-order valence-electron chi connectivity index (χ1n) is 10.5. The minimum atomic E-state index is -0.391. The molecule has 0 aliphatic heterocycles. The second-order valence-electron chi connectivity index (χ2n) is 7.96. The highest BCUT2D eigenvalue weighted by molar-refractivity contribution is 6.09. The van der Waals surface area contributed by atoms with Gasteiger partial charge in [0.25, 0.3) is 0 Å². The number of imidazole rings is 1. The number of carbonyl (C=O) groups excluding carboxylic acids is 1. The zero-order valence-corrected chi connectivity index (χ0v) is 21.2. The van der Waals surface area contributed by atoms with Crippen molar-refractivity contribution in [1.82, 2.24) is 24.0 Å². The number of aromatic nitrogens is 4. The lowest BCUT2D eigenvalue weighted by molar-refractivity contribution is 0.0526. The Bertz CT molecular complexity index is 1260. The molecule has 4 rings (SSSR count). The molecule has 0 unspecified atom stereocenters. The minimum Gasteiger partial charge on any atom is -0.507 e. The van der Waals surface area contributed by atoms with Crippen LogP contribution < -0.4 is 0 Å². The Labute approximate surface area is 211 Å². The smallest absolute Gasteiger partial charge is 0.340 e. The number of phenolic OH excluding ortho intramolecular Hbond substituents is 1. The number of fused-ring (bicyclic) bond motifs is 1. The average Bonchev–Trinajstić information content (AvgIpc) is 3.37. The van der Waals surface area contributed by atoms with Gasteiger partial charge in [0.05, 0.1) is 30.6 Å². The maximum atomic E-state index is 13.1. The molecule has 0 amide bonds. The molecule has 3 aromatic heterocycles. The van der Waals surface area contributed by atoms with Crippen molar-refractivity contribution in [2.24, 2.45) is 7.05 Å². The molecule has 10 heteroatoms. The van der Waals surface area contributed by atoms with Crippen LogP contribution in [0.3, 0.4) is 0 Å². The number of pyridine rings is 1. The summed E-state index contributed by atoms with van der Waals surface area (Å²) in [5.74, 6) is -0.261. The Morgan fingerprint density at radius 1 is 1.15 bits per heavy atom. The number of aromatic hydroxyl groups is 1. The fourth-order valence-corrected chi connectivity index (χ4v) is 4.09. The third-order valence-electron chi connectivity index (χ3n) is 5.52. The van der Waals surface area contributed by atoms with E-state index < -0.39 is 5.97 Å². The number of halogens is 2. The van der Waals surface area contributed by atoms with E-state index >= 15 is 0 Å². The summed E-state index contributed by atoms with van der Waals surface area (Å²) in [7, 11) is 5.86. The molecule has 0 aliphatic carbocycles. The summed E-state index contributed by atoms with van der Waals surface area (Å²) in [5.41, 5.74) is 4.36. The first kappa shape index (κ1) is 27.2. The molecule has 182 valence electrons. The van der Waals surface area contributed by atoms with Gasteiger partial charge >= 0.3 is 5.97 Å².